The number of aromatic nitrogens is 3. The van der Waals surface area contributed by atoms with E-state index in [1.165, 1.54) is 6.07 Å². The van der Waals surface area contributed by atoms with Crippen LogP contribution >= 0.6 is 0 Å². The number of nitrogens with zero attached hydrogens (tertiary/aromatic N) is 4. The first-order chi connectivity index (χ1) is 21.3. The summed E-state index contributed by atoms with van der Waals surface area (Å²) >= 11 is 0. The number of likely N-dealkylation sites (N-methyl/N-ethyl adjacent to an activating group) is 1. The molecular weight excluding hydrogens is 558 g/mol. The van der Waals surface area contributed by atoms with E-state index in [0.29, 0.717) is 52.5 Å². The maximum Gasteiger partial charge on any atom is 0.223 e. The summed E-state index contributed by atoms with van der Waals surface area (Å²) in [5.74, 6) is 0.259. The second-order valence-electron chi connectivity index (χ2n) is 13.1. The van der Waals surface area contributed by atoms with Gasteiger partial charge in [-0.3, -0.25) is 4.90 Å². The van der Waals surface area contributed by atoms with Gasteiger partial charge in [-0.05, 0) is 89.0 Å². The molecule has 1 unspecified atom stereocenters. The van der Waals surface area contributed by atoms with Gasteiger partial charge >= 0.3 is 0 Å². The van der Waals surface area contributed by atoms with Crippen molar-refractivity contribution < 1.29 is 13.5 Å². The van der Waals surface area contributed by atoms with E-state index in [4.69, 9.17) is 9.72 Å². The van der Waals surface area contributed by atoms with Gasteiger partial charge in [0.05, 0.1) is 23.0 Å². The number of nitrogens with one attached hydrogen (secondary N) is 2. The molecule has 0 radical (unpaired) electrons. The quantitative estimate of drug-likeness (QED) is 0.219. The molecule has 2 N–H and O–H groups in total. The Kier molecular flexibility index (Phi) is 6.27. The Morgan fingerprint density at radius 2 is 1.98 bits per heavy atom. The first-order valence-corrected chi connectivity index (χ1v) is 15.7. The molecule has 0 spiro atoms. The van der Waals surface area contributed by atoms with E-state index in [0.717, 1.165) is 58.9 Å². The fourth-order valence-electron chi connectivity index (χ4n) is 7.97. The maximum absolute atomic E-state index is 17.2. The smallest absolute Gasteiger partial charge is 0.223 e. The van der Waals surface area contributed by atoms with E-state index in [2.05, 4.69) is 52.8 Å². The number of fused-ring (bicyclic) bond motifs is 5. The highest BCUT2D eigenvalue weighted by Crippen LogP contribution is 2.53. The SMILES string of the molecule is Cc1cc2c(-c3c(CCC#N)cc4c(nc(O[C@@H](C)[C@@H]5CCCN5C)c5cc(C)n([C@@H]6C7NC[C@@H]76)c54)c3F)c[nH]c2cc1F. The summed E-state index contributed by atoms with van der Waals surface area (Å²) in [6.07, 6.45) is 4.41. The average molecular weight is 595 g/mol. The van der Waals surface area contributed by atoms with Crippen LogP contribution in [0.25, 0.3) is 43.8 Å². The number of halogens is 2. The monoisotopic (exact) mass is 594 g/mol. The minimum Gasteiger partial charge on any atom is -0.472 e. The molecule has 3 fully saturated rings. The second kappa shape index (κ2) is 10.0. The molecule has 7 nitrogen and oxygen atoms in total. The van der Waals surface area contributed by atoms with Crippen LogP contribution in [0, 0.1) is 42.7 Å². The second-order valence-corrected chi connectivity index (χ2v) is 13.1. The van der Waals surface area contributed by atoms with Crippen LogP contribution < -0.4 is 10.1 Å². The van der Waals surface area contributed by atoms with Gasteiger partial charge < -0.3 is 19.6 Å². The van der Waals surface area contributed by atoms with Crippen molar-refractivity contribution >= 4 is 32.7 Å². The molecule has 2 aliphatic heterocycles. The van der Waals surface area contributed by atoms with E-state index < -0.39 is 5.82 Å². The van der Waals surface area contributed by atoms with Crippen LogP contribution in [0.1, 0.15) is 49.0 Å². The molecule has 9 heteroatoms. The minimum atomic E-state index is -0.446. The third-order valence-corrected chi connectivity index (χ3v) is 10.4. The highest BCUT2D eigenvalue weighted by Gasteiger charge is 2.58. The number of pyridine rings is 1. The van der Waals surface area contributed by atoms with E-state index >= 15 is 4.39 Å². The lowest BCUT2D eigenvalue weighted by atomic mass is 9.92. The Morgan fingerprint density at radius 3 is 2.68 bits per heavy atom. The maximum atomic E-state index is 17.2. The summed E-state index contributed by atoms with van der Waals surface area (Å²) in [5.41, 5.74) is 5.14. The number of hydrogen-bond donors (Lipinski definition) is 2. The molecule has 1 saturated carbocycles. The molecule has 1 aliphatic carbocycles. The predicted molar refractivity (Wildman–Crippen MR) is 168 cm³/mol. The number of benzene rings is 2. The molecule has 8 rings (SSSR count). The zero-order valence-electron chi connectivity index (χ0n) is 25.5. The van der Waals surface area contributed by atoms with E-state index in [-0.39, 0.29) is 29.9 Å². The number of nitriles is 1. The van der Waals surface area contributed by atoms with Gasteiger partial charge in [0, 0.05) is 70.3 Å². The summed E-state index contributed by atoms with van der Waals surface area (Å²) in [4.78, 5) is 10.4. The highest BCUT2D eigenvalue weighted by molar-refractivity contribution is 6.09. The normalized spacial score (nSPS) is 23.7. The number of hydrogen-bond acceptors (Lipinski definition) is 5. The molecular formula is C35H36F2N6O. The minimum absolute atomic E-state index is 0.123. The van der Waals surface area contributed by atoms with Gasteiger partial charge in [0.1, 0.15) is 17.4 Å². The number of likely N-dealkylation sites (tertiary alicyclic amines) is 1. The summed E-state index contributed by atoms with van der Waals surface area (Å²) in [6.45, 7) is 7.91. The zero-order valence-corrected chi connectivity index (χ0v) is 25.5. The van der Waals surface area contributed by atoms with Crippen LogP contribution in [0.4, 0.5) is 8.78 Å². The third-order valence-electron chi connectivity index (χ3n) is 10.4. The number of aromatic amines is 1. The highest BCUT2D eigenvalue weighted by atomic mass is 19.1. The topological polar surface area (TPSA) is 81.9 Å². The van der Waals surface area contributed by atoms with Crippen molar-refractivity contribution in [3.63, 3.8) is 0 Å². The summed E-state index contributed by atoms with van der Waals surface area (Å²) < 4.78 is 40.7. The molecule has 5 atom stereocenters. The van der Waals surface area contributed by atoms with Crippen molar-refractivity contribution in [1.82, 2.24) is 24.8 Å². The molecule has 5 aromatic rings. The van der Waals surface area contributed by atoms with E-state index in [9.17, 15) is 9.65 Å². The van der Waals surface area contributed by atoms with Gasteiger partial charge in [-0.15, -0.1) is 0 Å². The van der Waals surface area contributed by atoms with Crippen LogP contribution in [0.3, 0.4) is 0 Å². The van der Waals surface area contributed by atoms with Crippen molar-refractivity contribution in [3.8, 4) is 23.1 Å². The Morgan fingerprint density at radius 1 is 1.16 bits per heavy atom. The lowest BCUT2D eigenvalue weighted by Crippen LogP contribution is -2.38. The van der Waals surface area contributed by atoms with Crippen molar-refractivity contribution in [2.45, 2.75) is 70.7 Å². The van der Waals surface area contributed by atoms with Crippen LogP contribution in [-0.4, -0.2) is 57.8 Å². The predicted octanol–water partition coefficient (Wildman–Crippen LogP) is 6.69. The fraction of sp³-hybridized carbons (Fsp3) is 0.429. The van der Waals surface area contributed by atoms with E-state index in [1.807, 2.05) is 6.07 Å². The van der Waals surface area contributed by atoms with Crippen LogP contribution in [0.15, 0.2) is 30.5 Å². The Hall–Kier alpha value is -4.00. The average Bonchev–Trinajstić information content (AvgIpc) is 3.43. The molecule has 0 amide bonds. The Bertz CT molecular complexity index is 2010. The van der Waals surface area contributed by atoms with Crippen LogP contribution in [0.5, 0.6) is 5.88 Å². The molecule has 5 heterocycles. The standard InChI is InChI=1S/C35H36F2N6O/c1-17-11-21-24(15-39-27(21)14-26(17)36)29-20(7-5-9-38)13-22-31(30(29)37)41-35(44-19(3)28-8-6-10-42(28)4)23-12-18(2)43(33(22)23)34-25-16-40-32(25)34/h11-15,19,25,28,32,34,39-40H,5-8,10,16H2,1-4H3/t19-,25-,28-,32?,34-/m0/s1. The van der Waals surface area contributed by atoms with Gasteiger partial charge in [0.2, 0.25) is 5.88 Å². The molecule has 3 aromatic heterocycles. The summed E-state index contributed by atoms with van der Waals surface area (Å²) in [7, 11) is 2.13. The lowest BCUT2D eigenvalue weighted by Gasteiger charge is -2.27. The Balaban J connectivity index is 1.40. The fourth-order valence-corrected chi connectivity index (χ4v) is 7.97. The Labute approximate surface area is 254 Å². The van der Waals surface area contributed by atoms with Gasteiger partial charge in [-0.1, -0.05) is 0 Å². The molecule has 0 bridgehead atoms. The van der Waals surface area contributed by atoms with Gasteiger partial charge in [-0.2, -0.15) is 5.26 Å². The molecule has 44 heavy (non-hydrogen) atoms. The number of rotatable bonds is 7. The van der Waals surface area contributed by atoms with Crippen LogP contribution in [0.2, 0.25) is 0 Å². The molecule has 3 aliphatic rings. The molecule has 2 aromatic carbocycles. The van der Waals surface area contributed by atoms with Gasteiger partial charge in [-0.25, -0.2) is 13.8 Å². The summed E-state index contributed by atoms with van der Waals surface area (Å²) in [6, 6.07) is 10.6. The van der Waals surface area contributed by atoms with Crippen molar-refractivity contribution in [2.75, 3.05) is 20.1 Å². The third kappa shape index (κ3) is 4.00. The van der Waals surface area contributed by atoms with Crippen LogP contribution in [-0.2, 0) is 6.42 Å². The molecule has 2 saturated heterocycles. The summed E-state index contributed by atoms with van der Waals surface area (Å²) in [5, 5.41) is 15.4. The number of aryl methyl sites for hydroxylation is 3. The van der Waals surface area contributed by atoms with Gasteiger partial charge in [0.25, 0.3) is 0 Å². The first-order valence-electron chi connectivity index (χ1n) is 15.7. The van der Waals surface area contributed by atoms with E-state index in [1.54, 1.807) is 19.2 Å². The first kappa shape index (κ1) is 27.5. The zero-order chi connectivity index (χ0) is 30.4. The van der Waals surface area contributed by atoms with Crippen molar-refractivity contribution in [2.24, 2.45) is 5.92 Å². The lowest BCUT2D eigenvalue weighted by molar-refractivity contribution is 0.119. The number of H-pyrrole nitrogens is 1. The molecule has 226 valence electrons. The van der Waals surface area contributed by atoms with Gasteiger partial charge in [0.15, 0.2) is 5.82 Å². The van der Waals surface area contributed by atoms with Crippen molar-refractivity contribution in [3.05, 3.63) is 58.9 Å². The largest absolute Gasteiger partial charge is 0.472 e. The van der Waals surface area contributed by atoms with Crippen molar-refractivity contribution in [1.29, 1.82) is 5.26 Å². The number of ether oxygens (including phenoxy) is 1.